The van der Waals surface area contributed by atoms with Gasteiger partial charge in [0.1, 0.15) is 0 Å². The predicted octanol–water partition coefficient (Wildman–Crippen LogP) is -0.506. The van der Waals surface area contributed by atoms with Gasteiger partial charge in [0.15, 0.2) is 6.61 Å². The fourth-order valence-corrected chi connectivity index (χ4v) is 0.957. The van der Waals surface area contributed by atoms with Crippen LogP contribution in [0.1, 0.15) is 19.8 Å². The van der Waals surface area contributed by atoms with Crippen LogP contribution in [0.2, 0.25) is 0 Å². The second-order valence-electron chi connectivity index (χ2n) is 2.87. The Morgan fingerprint density at radius 2 is 2.21 bits per heavy atom. The first kappa shape index (κ1) is 12.9. The number of hydroxylamine groups is 1. The van der Waals surface area contributed by atoms with Crippen molar-refractivity contribution in [3.05, 3.63) is 0 Å². The summed E-state index contributed by atoms with van der Waals surface area (Å²) in [7, 11) is 0. The van der Waals surface area contributed by atoms with Crippen LogP contribution in [0, 0.1) is 5.92 Å². The molecule has 0 aromatic carbocycles. The lowest BCUT2D eigenvalue weighted by Gasteiger charge is -2.12. The van der Waals surface area contributed by atoms with Gasteiger partial charge in [0.05, 0.1) is 5.92 Å². The van der Waals surface area contributed by atoms with E-state index < -0.39 is 12.6 Å². The average Bonchev–Trinajstić information content (AvgIpc) is 2.13. The highest BCUT2D eigenvalue weighted by Gasteiger charge is 2.15. The zero-order valence-corrected chi connectivity index (χ0v) is 8.16. The number of nitrogens with two attached hydrogens (primary N) is 1. The standard InChI is InChI=1S/C8H16N2O4/c1-2-3-6(4-9)8(13)10-14-5-7(11)12/h6H,2-5,9H2,1H3,(H,10,13)(H,11,12). The Morgan fingerprint density at radius 1 is 1.57 bits per heavy atom. The quantitative estimate of drug-likeness (QED) is 0.485. The zero-order chi connectivity index (χ0) is 11.0. The molecule has 14 heavy (non-hydrogen) atoms. The largest absolute Gasteiger partial charge is 0.479 e. The fourth-order valence-electron chi connectivity index (χ4n) is 0.957. The lowest BCUT2D eigenvalue weighted by Crippen LogP contribution is -2.36. The lowest BCUT2D eigenvalue weighted by atomic mass is 10.0. The summed E-state index contributed by atoms with van der Waals surface area (Å²) >= 11 is 0. The molecule has 0 aliphatic carbocycles. The maximum atomic E-state index is 11.2. The molecule has 82 valence electrons. The van der Waals surface area contributed by atoms with Crippen LogP contribution in [0.3, 0.4) is 0 Å². The van der Waals surface area contributed by atoms with Crippen molar-refractivity contribution in [3.63, 3.8) is 0 Å². The van der Waals surface area contributed by atoms with E-state index in [1.807, 2.05) is 6.92 Å². The molecule has 0 fully saturated rings. The summed E-state index contributed by atoms with van der Waals surface area (Å²) < 4.78 is 0. The van der Waals surface area contributed by atoms with Gasteiger partial charge in [-0.2, -0.15) is 0 Å². The van der Waals surface area contributed by atoms with Crippen molar-refractivity contribution in [2.75, 3.05) is 13.2 Å². The van der Waals surface area contributed by atoms with Crippen LogP contribution < -0.4 is 11.2 Å². The highest BCUT2D eigenvalue weighted by Crippen LogP contribution is 2.03. The van der Waals surface area contributed by atoms with E-state index in [4.69, 9.17) is 10.8 Å². The predicted molar refractivity (Wildman–Crippen MR) is 49.2 cm³/mol. The highest BCUT2D eigenvalue weighted by molar-refractivity contribution is 5.78. The third-order valence-corrected chi connectivity index (χ3v) is 1.66. The van der Waals surface area contributed by atoms with Gasteiger partial charge in [0.2, 0.25) is 5.91 Å². The van der Waals surface area contributed by atoms with Crippen LogP contribution in [0.15, 0.2) is 0 Å². The molecule has 1 amide bonds. The van der Waals surface area contributed by atoms with E-state index in [0.717, 1.165) is 6.42 Å². The van der Waals surface area contributed by atoms with Crippen molar-refractivity contribution < 1.29 is 19.5 Å². The number of carbonyl (C=O) groups excluding carboxylic acids is 1. The van der Waals surface area contributed by atoms with Crippen LogP contribution in [-0.4, -0.2) is 30.1 Å². The van der Waals surface area contributed by atoms with E-state index >= 15 is 0 Å². The molecule has 6 heteroatoms. The number of hydrogen-bond donors (Lipinski definition) is 3. The van der Waals surface area contributed by atoms with Gasteiger partial charge in [-0.3, -0.25) is 9.63 Å². The topological polar surface area (TPSA) is 102 Å². The van der Waals surface area contributed by atoms with E-state index in [0.29, 0.717) is 6.42 Å². The first-order valence-corrected chi connectivity index (χ1v) is 4.45. The number of carbonyl (C=O) groups is 2. The fraction of sp³-hybridized carbons (Fsp3) is 0.750. The number of aliphatic carboxylic acids is 1. The smallest absolute Gasteiger partial charge is 0.332 e. The molecule has 6 nitrogen and oxygen atoms in total. The van der Waals surface area contributed by atoms with Crippen LogP contribution in [0.4, 0.5) is 0 Å². The van der Waals surface area contributed by atoms with Crippen molar-refractivity contribution in [2.24, 2.45) is 11.7 Å². The second kappa shape index (κ2) is 7.28. The third kappa shape index (κ3) is 5.50. The van der Waals surface area contributed by atoms with E-state index in [-0.39, 0.29) is 18.4 Å². The summed E-state index contributed by atoms with van der Waals surface area (Å²) in [5.74, 6) is -1.81. The maximum absolute atomic E-state index is 11.2. The molecular formula is C8H16N2O4. The monoisotopic (exact) mass is 204 g/mol. The molecule has 1 atom stereocenters. The Hall–Kier alpha value is -1.14. The van der Waals surface area contributed by atoms with E-state index in [2.05, 4.69) is 10.3 Å². The molecule has 0 radical (unpaired) electrons. The number of nitrogens with one attached hydrogen (secondary N) is 1. The minimum atomic E-state index is -1.13. The van der Waals surface area contributed by atoms with Gasteiger partial charge in [-0.15, -0.1) is 0 Å². The molecule has 0 aliphatic rings. The van der Waals surface area contributed by atoms with Crippen LogP contribution >= 0.6 is 0 Å². The lowest BCUT2D eigenvalue weighted by molar-refractivity contribution is -0.150. The van der Waals surface area contributed by atoms with Gasteiger partial charge >= 0.3 is 5.97 Å². The first-order valence-electron chi connectivity index (χ1n) is 4.45. The third-order valence-electron chi connectivity index (χ3n) is 1.66. The first-order chi connectivity index (χ1) is 6.61. The van der Waals surface area contributed by atoms with E-state index in [1.165, 1.54) is 0 Å². The molecule has 0 aromatic heterocycles. The minimum Gasteiger partial charge on any atom is -0.479 e. The van der Waals surface area contributed by atoms with Gasteiger partial charge < -0.3 is 10.8 Å². The van der Waals surface area contributed by atoms with E-state index in [1.54, 1.807) is 0 Å². The summed E-state index contributed by atoms with van der Waals surface area (Å²) in [6.45, 7) is 1.62. The van der Waals surface area contributed by atoms with Crippen LogP contribution in [0.25, 0.3) is 0 Å². The van der Waals surface area contributed by atoms with Crippen LogP contribution in [-0.2, 0) is 14.4 Å². The molecule has 0 spiro atoms. The summed E-state index contributed by atoms with van der Waals surface area (Å²) in [4.78, 5) is 25.7. The minimum absolute atomic E-state index is 0.232. The zero-order valence-electron chi connectivity index (χ0n) is 8.16. The summed E-state index contributed by atoms with van der Waals surface area (Å²) in [6.07, 6.45) is 1.51. The number of rotatable bonds is 7. The van der Waals surface area contributed by atoms with Gasteiger partial charge in [-0.05, 0) is 6.42 Å². The Bertz CT molecular complexity index is 196. The molecule has 0 saturated carbocycles. The van der Waals surface area contributed by atoms with E-state index in [9.17, 15) is 9.59 Å². The van der Waals surface area contributed by atoms with Gasteiger partial charge in [-0.1, -0.05) is 13.3 Å². The molecule has 1 unspecified atom stereocenters. The number of carboxylic acids is 1. The summed E-state index contributed by atoms with van der Waals surface area (Å²) in [6, 6.07) is 0. The summed E-state index contributed by atoms with van der Waals surface area (Å²) in [5.41, 5.74) is 7.41. The Kier molecular flexibility index (Phi) is 6.69. The van der Waals surface area contributed by atoms with Crippen molar-refractivity contribution in [3.8, 4) is 0 Å². The molecule has 0 aromatic rings. The second-order valence-corrected chi connectivity index (χ2v) is 2.87. The molecule has 0 saturated heterocycles. The Labute approximate surface area is 82.4 Å². The van der Waals surface area contributed by atoms with Gasteiger partial charge in [-0.25, -0.2) is 10.3 Å². The van der Waals surface area contributed by atoms with Crippen molar-refractivity contribution >= 4 is 11.9 Å². The van der Waals surface area contributed by atoms with Gasteiger partial charge in [0.25, 0.3) is 0 Å². The highest BCUT2D eigenvalue weighted by atomic mass is 16.7. The van der Waals surface area contributed by atoms with Crippen LogP contribution in [0.5, 0.6) is 0 Å². The Morgan fingerprint density at radius 3 is 2.64 bits per heavy atom. The molecule has 0 rings (SSSR count). The van der Waals surface area contributed by atoms with Gasteiger partial charge in [0, 0.05) is 6.54 Å². The van der Waals surface area contributed by atoms with Crippen molar-refractivity contribution in [1.29, 1.82) is 0 Å². The SMILES string of the molecule is CCCC(CN)C(=O)NOCC(=O)O. The maximum Gasteiger partial charge on any atom is 0.332 e. The molecule has 0 aliphatic heterocycles. The number of amides is 1. The van der Waals surface area contributed by atoms with Crippen molar-refractivity contribution in [2.45, 2.75) is 19.8 Å². The number of carboxylic acid groups (broad SMARTS) is 1. The molecule has 4 N–H and O–H groups in total. The van der Waals surface area contributed by atoms with Crippen molar-refractivity contribution in [1.82, 2.24) is 5.48 Å². The average molecular weight is 204 g/mol. The number of hydrogen-bond acceptors (Lipinski definition) is 4. The Balaban J connectivity index is 3.74. The summed E-state index contributed by atoms with van der Waals surface area (Å²) in [5, 5.41) is 8.22. The molecule has 0 bridgehead atoms. The molecule has 0 heterocycles. The normalized spacial score (nSPS) is 12.1. The molecular weight excluding hydrogens is 188 g/mol.